The van der Waals surface area contributed by atoms with E-state index in [9.17, 15) is 0 Å². The molecular formula is C16H28N4S. The summed E-state index contributed by atoms with van der Waals surface area (Å²) in [7, 11) is 2.21. The van der Waals surface area contributed by atoms with Crippen LogP contribution in [0.15, 0.2) is 0 Å². The van der Waals surface area contributed by atoms with Crippen LogP contribution in [0.3, 0.4) is 0 Å². The fourth-order valence-electron chi connectivity index (χ4n) is 3.00. The first-order chi connectivity index (χ1) is 10.0. The second-order valence-electron chi connectivity index (χ2n) is 6.92. The summed E-state index contributed by atoms with van der Waals surface area (Å²) in [5.41, 5.74) is 1.38. The molecule has 118 valence electrons. The minimum Gasteiger partial charge on any atom is -0.343 e. The van der Waals surface area contributed by atoms with Crippen LogP contribution in [-0.4, -0.2) is 48.6 Å². The van der Waals surface area contributed by atoms with Gasteiger partial charge in [0.15, 0.2) is 5.13 Å². The number of rotatable bonds is 5. The Labute approximate surface area is 132 Å². The third kappa shape index (κ3) is 3.58. The predicted molar refractivity (Wildman–Crippen MR) is 90.4 cm³/mol. The summed E-state index contributed by atoms with van der Waals surface area (Å²) in [6.45, 7) is 11.1. The predicted octanol–water partition coefficient (Wildman–Crippen LogP) is 2.66. The van der Waals surface area contributed by atoms with Crippen molar-refractivity contribution in [2.45, 2.75) is 58.2 Å². The SMILES string of the molecule is CC(C)NCc1sc(N2CCN(C)CC2C)nc1C1CC1. The monoisotopic (exact) mass is 308 g/mol. The highest BCUT2D eigenvalue weighted by Gasteiger charge is 2.32. The lowest BCUT2D eigenvalue weighted by Crippen LogP contribution is -2.50. The zero-order valence-corrected chi connectivity index (χ0v) is 14.5. The number of hydrogen-bond donors (Lipinski definition) is 1. The molecule has 0 radical (unpaired) electrons. The van der Waals surface area contributed by atoms with E-state index in [-0.39, 0.29) is 0 Å². The van der Waals surface area contributed by atoms with Gasteiger partial charge in [0.2, 0.25) is 0 Å². The van der Waals surface area contributed by atoms with E-state index in [0.29, 0.717) is 12.1 Å². The van der Waals surface area contributed by atoms with Gasteiger partial charge in [-0.15, -0.1) is 11.3 Å². The van der Waals surface area contributed by atoms with Gasteiger partial charge in [-0.25, -0.2) is 4.98 Å². The van der Waals surface area contributed by atoms with Gasteiger partial charge in [0.05, 0.1) is 5.69 Å². The average molecular weight is 308 g/mol. The standard InChI is InChI=1S/C16H28N4S/c1-11(2)17-9-14-15(13-5-6-13)18-16(21-14)20-8-7-19(4)10-12(20)3/h11-13,17H,5-10H2,1-4H3. The molecule has 0 spiro atoms. The van der Waals surface area contributed by atoms with E-state index in [4.69, 9.17) is 4.98 Å². The van der Waals surface area contributed by atoms with Crippen molar-refractivity contribution >= 4 is 16.5 Å². The van der Waals surface area contributed by atoms with Crippen molar-refractivity contribution in [1.29, 1.82) is 0 Å². The molecule has 3 rings (SSSR count). The Morgan fingerprint density at radius 3 is 2.71 bits per heavy atom. The van der Waals surface area contributed by atoms with Crippen molar-refractivity contribution in [3.63, 3.8) is 0 Å². The number of hydrogen-bond acceptors (Lipinski definition) is 5. The van der Waals surface area contributed by atoms with Crippen LogP contribution in [0.1, 0.15) is 50.1 Å². The smallest absolute Gasteiger partial charge is 0.186 e. The van der Waals surface area contributed by atoms with E-state index < -0.39 is 0 Å². The lowest BCUT2D eigenvalue weighted by molar-refractivity contribution is 0.275. The van der Waals surface area contributed by atoms with E-state index in [0.717, 1.165) is 32.1 Å². The Balaban J connectivity index is 1.77. The van der Waals surface area contributed by atoms with Gasteiger partial charge in [-0.05, 0) is 26.8 Å². The van der Waals surface area contributed by atoms with Gasteiger partial charge < -0.3 is 15.1 Å². The van der Waals surface area contributed by atoms with Gasteiger partial charge >= 0.3 is 0 Å². The summed E-state index contributed by atoms with van der Waals surface area (Å²) >= 11 is 1.92. The molecule has 1 unspecified atom stereocenters. The minimum absolute atomic E-state index is 0.533. The highest BCUT2D eigenvalue weighted by molar-refractivity contribution is 7.15. The molecule has 1 saturated heterocycles. The van der Waals surface area contributed by atoms with Gasteiger partial charge in [-0.2, -0.15) is 0 Å². The van der Waals surface area contributed by atoms with Crippen molar-refractivity contribution < 1.29 is 0 Å². The quantitative estimate of drug-likeness (QED) is 0.906. The lowest BCUT2D eigenvalue weighted by atomic mass is 10.2. The highest BCUT2D eigenvalue weighted by Crippen LogP contribution is 2.44. The maximum Gasteiger partial charge on any atom is 0.186 e. The van der Waals surface area contributed by atoms with Crippen LogP contribution >= 0.6 is 11.3 Å². The van der Waals surface area contributed by atoms with Gasteiger partial charge in [0.25, 0.3) is 0 Å². The lowest BCUT2D eigenvalue weighted by Gasteiger charge is -2.38. The van der Waals surface area contributed by atoms with Crippen LogP contribution in [0.5, 0.6) is 0 Å². The summed E-state index contributed by atoms with van der Waals surface area (Å²) in [5.74, 6) is 0.738. The summed E-state index contributed by atoms with van der Waals surface area (Å²) in [4.78, 5) is 11.4. The van der Waals surface area contributed by atoms with Crippen molar-refractivity contribution in [3.8, 4) is 0 Å². The molecule has 1 saturated carbocycles. The number of nitrogens with one attached hydrogen (secondary N) is 1. The van der Waals surface area contributed by atoms with Gasteiger partial charge in [0.1, 0.15) is 0 Å². The number of aromatic nitrogens is 1. The molecule has 0 amide bonds. The second-order valence-corrected chi connectivity index (χ2v) is 7.98. The van der Waals surface area contributed by atoms with Crippen molar-refractivity contribution in [2.75, 3.05) is 31.6 Å². The van der Waals surface area contributed by atoms with Gasteiger partial charge in [0, 0.05) is 49.1 Å². The number of nitrogens with zero attached hydrogens (tertiary/aromatic N) is 3. The maximum absolute atomic E-state index is 5.04. The third-order valence-electron chi connectivity index (χ3n) is 4.43. The summed E-state index contributed by atoms with van der Waals surface area (Å²) < 4.78 is 0. The normalized spacial score (nSPS) is 24.0. The van der Waals surface area contributed by atoms with Crippen molar-refractivity contribution in [2.24, 2.45) is 0 Å². The molecular weight excluding hydrogens is 280 g/mol. The van der Waals surface area contributed by atoms with Crippen LogP contribution in [0.25, 0.3) is 0 Å². The number of likely N-dealkylation sites (N-methyl/N-ethyl adjacent to an activating group) is 1. The van der Waals surface area contributed by atoms with E-state index >= 15 is 0 Å². The Morgan fingerprint density at radius 1 is 1.33 bits per heavy atom. The van der Waals surface area contributed by atoms with Crippen molar-refractivity contribution in [3.05, 3.63) is 10.6 Å². The van der Waals surface area contributed by atoms with Crippen LogP contribution in [0.4, 0.5) is 5.13 Å². The molecule has 0 aromatic carbocycles. The zero-order chi connectivity index (χ0) is 15.0. The molecule has 2 aliphatic rings. The molecule has 1 aromatic rings. The molecule has 0 bridgehead atoms. The third-order valence-corrected chi connectivity index (χ3v) is 5.54. The summed E-state index contributed by atoms with van der Waals surface area (Å²) in [5, 5.41) is 4.81. The topological polar surface area (TPSA) is 31.4 Å². The van der Waals surface area contributed by atoms with Gasteiger partial charge in [-0.1, -0.05) is 13.8 Å². The van der Waals surface area contributed by atoms with E-state index in [2.05, 4.69) is 42.9 Å². The van der Waals surface area contributed by atoms with E-state index in [1.165, 1.54) is 28.5 Å². The molecule has 21 heavy (non-hydrogen) atoms. The van der Waals surface area contributed by atoms with Gasteiger partial charge in [-0.3, -0.25) is 0 Å². The summed E-state index contributed by atoms with van der Waals surface area (Å²) in [6, 6.07) is 1.10. The summed E-state index contributed by atoms with van der Waals surface area (Å²) in [6.07, 6.45) is 2.66. The van der Waals surface area contributed by atoms with Crippen LogP contribution in [0, 0.1) is 0 Å². The highest BCUT2D eigenvalue weighted by atomic mass is 32.1. The molecule has 1 atom stereocenters. The Bertz CT molecular complexity index is 481. The molecule has 1 aliphatic heterocycles. The number of piperazine rings is 1. The minimum atomic E-state index is 0.533. The second kappa shape index (κ2) is 6.23. The molecule has 5 heteroatoms. The molecule has 1 aromatic heterocycles. The fourth-order valence-corrected chi connectivity index (χ4v) is 4.22. The maximum atomic E-state index is 5.04. The largest absolute Gasteiger partial charge is 0.343 e. The van der Waals surface area contributed by atoms with E-state index in [1.807, 2.05) is 11.3 Å². The number of anilines is 1. The molecule has 1 aliphatic carbocycles. The fraction of sp³-hybridized carbons (Fsp3) is 0.812. The zero-order valence-electron chi connectivity index (χ0n) is 13.7. The molecule has 4 nitrogen and oxygen atoms in total. The van der Waals surface area contributed by atoms with Crippen LogP contribution in [0.2, 0.25) is 0 Å². The molecule has 2 fully saturated rings. The Morgan fingerprint density at radius 2 is 2.10 bits per heavy atom. The van der Waals surface area contributed by atoms with E-state index in [1.54, 1.807) is 0 Å². The Hall–Kier alpha value is -0.650. The van der Waals surface area contributed by atoms with Crippen molar-refractivity contribution in [1.82, 2.24) is 15.2 Å². The number of thiazole rings is 1. The van der Waals surface area contributed by atoms with Crippen LogP contribution in [-0.2, 0) is 6.54 Å². The van der Waals surface area contributed by atoms with Crippen LogP contribution < -0.4 is 10.2 Å². The Kier molecular flexibility index (Phi) is 4.52. The first-order valence-electron chi connectivity index (χ1n) is 8.22. The first kappa shape index (κ1) is 15.3. The average Bonchev–Trinajstić information content (AvgIpc) is 3.17. The first-order valence-corrected chi connectivity index (χ1v) is 9.04. The molecule has 2 heterocycles. The molecule has 1 N–H and O–H groups in total.